The molecule has 4 rings (SSSR count). The van der Waals surface area contributed by atoms with E-state index in [1.54, 1.807) is 12.3 Å². The van der Waals surface area contributed by atoms with Crippen LogP contribution < -0.4 is 15.4 Å². The second-order valence-electron chi connectivity index (χ2n) is 6.98. The molecule has 0 aliphatic heterocycles. The molecule has 4 N–H and O–H groups in total. The molecule has 0 saturated heterocycles. The number of anilines is 1. The maximum absolute atomic E-state index is 12.6. The summed E-state index contributed by atoms with van der Waals surface area (Å²) in [6.07, 6.45) is 3.87. The number of carbonyl (C=O) groups excluding carboxylic acids is 1. The molecule has 0 bridgehead atoms. The number of urea groups is 1. The number of pyridine rings is 1. The Morgan fingerprint density at radius 2 is 2.14 bits per heavy atom. The summed E-state index contributed by atoms with van der Waals surface area (Å²) in [7, 11) is 0. The number of benzene rings is 1. The third kappa shape index (κ3) is 3.50. The summed E-state index contributed by atoms with van der Waals surface area (Å²) in [5, 5.41) is 24.2. The van der Waals surface area contributed by atoms with Crippen molar-refractivity contribution in [2.75, 3.05) is 11.9 Å². The summed E-state index contributed by atoms with van der Waals surface area (Å²) in [5.74, 6) is 0.862. The Bertz CT molecular complexity index is 968. The molecule has 3 aromatic rings. The van der Waals surface area contributed by atoms with Crippen LogP contribution in [0, 0.1) is 0 Å². The minimum atomic E-state index is -0.925. The average Bonchev–Trinajstić information content (AvgIpc) is 3.07. The van der Waals surface area contributed by atoms with Crippen molar-refractivity contribution < 1.29 is 14.6 Å². The predicted molar refractivity (Wildman–Crippen MR) is 105 cm³/mol. The zero-order valence-corrected chi connectivity index (χ0v) is 15.6. The van der Waals surface area contributed by atoms with Gasteiger partial charge in [-0.15, -0.1) is 5.10 Å². The van der Waals surface area contributed by atoms with E-state index < -0.39 is 17.7 Å². The van der Waals surface area contributed by atoms with Crippen molar-refractivity contribution in [2.45, 2.75) is 37.8 Å². The third-order valence-electron chi connectivity index (χ3n) is 5.10. The molecule has 0 radical (unpaired) electrons. The zero-order valence-electron chi connectivity index (χ0n) is 15.6. The molecule has 2 aromatic heterocycles. The molecule has 1 saturated carbocycles. The van der Waals surface area contributed by atoms with Crippen molar-refractivity contribution in [2.24, 2.45) is 0 Å². The average molecular weight is 381 g/mol. The van der Waals surface area contributed by atoms with Crippen LogP contribution in [0.1, 0.15) is 37.8 Å². The summed E-state index contributed by atoms with van der Waals surface area (Å²) in [6, 6.07) is 10.3. The highest BCUT2D eigenvalue weighted by Crippen LogP contribution is 2.42. The van der Waals surface area contributed by atoms with Crippen molar-refractivity contribution in [3.63, 3.8) is 0 Å². The Morgan fingerprint density at radius 3 is 2.82 bits per heavy atom. The van der Waals surface area contributed by atoms with E-state index in [2.05, 4.69) is 25.8 Å². The number of hydrogen-bond acceptors (Lipinski definition) is 5. The molecule has 1 atom stereocenters. The summed E-state index contributed by atoms with van der Waals surface area (Å²) >= 11 is 0. The monoisotopic (exact) mass is 381 g/mol. The van der Waals surface area contributed by atoms with Crippen LogP contribution in [0.15, 0.2) is 42.6 Å². The molecule has 8 nitrogen and oxygen atoms in total. The summed E-state index contributed by atoms with van der Waals surface area (Å²) in [4.78, 5) is 16.9. The number of rotatable bonds is 6. The molecule has 1 aromatic carbocycles. The lowest BCUT2D eigenvalue weighted by Crippen LogP contribution is -2.51. The standard InChI is InChI=1S/C20H23N5O3/c1-2-28-18-14-12-21-16(11-15(14)24-25-18)22-19(26)23-17(20(27)9-6-10-20)13-7-4-3-5-8-13/h3-5,7-8,11-12,17,27H,2,6,9-10H2,1H3,(H,24,25)(H2,21,22,23,26)/t17-/m0/s1. The van der Waals surface area contributed by atoms with Crippen LogP contribution in [-0.2, 0) is 0 Å². The molecule has 28 heavy (non-hydrogen) atoms. The Labute approximate surface area is 162 Å². The Balaban J connectivity index is 1.50. The highest BCUT2D eigenvalue weighted by atomic mass is 16.5. The lowest BCUT2D eigenvalue weighted by Gasteiger charge is -2.43. The molecule has 1 aliphatic carbocycles. The molecule has 146 valence electrons. The number of hydrogen-bond donors (Lipinski definition) is 4. The SMILES string of the molecule is CCOc1n[nH]c2cc(NC(=O)N[C@@H](c3ccccc3)C3(O)CCC3)ncc12. The third-order valence-corrected chi connectivity index (χ3v) is 5.10. The molecule has 1 fully saturated rings. The van der Waals surface area contributed by atoms with Crippen LogP contribution in [0.3, 0.4) is 0 Å². The number of aromatic amines is 1. The fourth-order valence-corrected chi connectivity index (χ4v) is 3.49. The van der Waals surface area contributed by atoms with Crippen molar-refractivity contribution >= 4 is 22.8 Å². The van der Waals surface area contributed by atoms with Gasteiger partial charge in [-0.25, -0.2) is 9.78 Å². The summed E-state index contributed by atoms with van der Waals surface area (Å²) in [5.41, 5.74) is 0.662. The van der Waals surface area contributed by atoms with E-state index in [9.17, 15) is 9.90 Å². The van der Waals surface area contributed by atoms with E-state index in [1.807, 2.05) is 37.3 Å². The largest absolute Gasteiger partial charge is 0.476 e. The van der Waals surface area contributed by atoms with Crippen molar-refractivity contribution in [1.29, 1.82) is 0 Å². The van der Waals surface area contributed by atoms with Gasteiger partial charge >= 0.3 is 6.03 Å². The Hall–Kier alpha value is -3.13. The van der Waals surface area contributed by atoms with Crippen LogP contribution in [0.4, 0.5) is 10.6 Å². The van der Waals surface area contributed by atoms with Crippen molar-refractivity contribution in [3.05, 3.63) is 48.2 Å². The van der Waals surface area contributed by atoms with Gasteiger partial charge in [-0.2, -0.15) is 0 Å². The molecule has 2 heterocycles. The zero-order chi connectivity index (χ0) is 19.6. The maximum Gasteiger partial charge on any atom is 0.320 e. The number of nitrogens with zero attached hydrogens (tertiary/aromatic N) is 2. The van der Waals surface area contributed by atoms with Gasteiger partial charge in [0.05, 0.1) is 29.2 Å². The van der Waals surface area contributed by atoms with Gasteiger partial charge in [-0.1, -0.05) is 30.3 Å². The molecule has 8 heteroatoms. The first kappa shape index (κ1) is 18.2. The molecular weight excluding hydrogens is 358 g/mol. The Kier molecular flexibility index (Phi) is 4.87. The number of amides is 2. The van der Waals surface area contributed by atoms with Crippen LogP contribution in [-0.4, -0.2) is 38.5 Å². The quantitative estimate of drug-likeness (QED) is 0.524. The van der Waals surface area contributed by atoms with E-state index >= 15 is 0 Å². The van der Waals surface area contributed by atoms with Gasteiger partial charge in [-0.3, -0.25) is 10.4 Å². The van der Waals surface area contributed by atoms with Gasteiger partial charge in [0.1, 0.15) is 5.82 Å². The first-order valence-electron chi connectivity index (χ1n) is 9.41. The van der Waals surface area contributed by atoms with E-state index in [1.165, 1.54) is 0 Å². The molecule has 0 spiro atoms. The van der Waals surface area contributed by atoms with Crippen LogP contribution >= 0.6 is 0 Å². The molecular formula is C20H23N5O3. The normalized spacial score (nSPS) is 16.2. The van der Waals surface area contributed by atoms with Gasteiger partial charge in [-0.05, 0) is 31.7 Å². The predicted octanol–water partition coefficient (Wildman–Crippen LogP) is 3.13. The maximum atomic E-state index is 12.6. The topological polar surface area (TPSA) is 112 Å². The number of aromatic nitrogens is 3. The number of fused-ring (bicyclic) bond motifs is 1. The fourth-order valence-electron chi connectivity index (χ4n) is 3.49. The van der Waals surface area contributed by atoms with E-state index in [-0.39, 0.29) is 0 Å². The number of H-pyrrole nitrogens is 1. The minimum Gasteiger partial charge on any atom is -0.476 e. The number of aliphatic hydroxyl groups is 1. The number of carbonyl (C=O) groups is 1. The van der Waals surface area contributed by atoms with Gasteiger partial charge < -0.3 is 15.2 Å². The fraction of sp³-hybridized carbons (Fsp3) is 0.350. The Morgan fingerprint density at radius 1 is 1.36 bits per heavy atom. The highest BCUT2D eigenvalue weighted by Gasteiger charge is 2.43. The second kappa shape index (κ2) is 7.47. The van der Waals surface area contributed by atoms with Gasteiger partial charge in [0.15, 0.2) is 0 Å². The number of ether oxygens (including phenoxy) is 1. The summed E-state index contributed by atoms with van der Waals surface area (Å²) < 4.78 is 5.43. The van der Waals surface area contributed by atoms with Crippen LogP contribution in [0.5, 0.6) is 5.88 Å². The highest BCUT2D eigenvalue weighted by molar-refractivity contribution is 5.92. The van der Waals surface area contributed by atoms with E-state index in [0.717, 1.165) is 17.4 Å². The lowest BCUT2D eigenvalue weighted by atomic mass is 9.72. The molecule has 0 unspecified atom stereocenters. The minimum absolute atomic E-state index is 0.379. The van der Waals surface area contributed by atoms with Crippen molar-refractivity contribution in [3.8, 4) is 5.88 Å². The molecule has 2 amide bonds. The van der Waals surface area contributed by atoms with Gasteiger partial charge in [0, 0.05) is 12.3 Å². The lowest BCUT2D eigenvalue weighted by molar-refractivity contribution is -0.0627. The number of nitrogens with one attached hydrogen (secondary N) is 3. The first-order chi connectivity index (χ1) is 13.6. The second-order valence-corrected chi connectivity index (χ2v) is 6.98. The van der Waals surface area contributed by atoms with Gasteiger partial charge in [0.2, 0.25) is 5.88 Å². The van der Waals surface area contributed by atoms with Crippen molar-refractivity contribution in [1.82, 2.24) is 20.5 Å². The van der Waals surface area contributed by atoms with Crippen LogP contribution in [0.25, 0.3) is 10.9 Å². The van der Waals surface area contributed by atoms with Crippen LogP contribution in [0.2, 0.25) is 0 Å². The van der Waals surface area contributed by atoms with Gasteiger partial charge in [0.25, 0.3) is 0 Å². The first-order valence-corrected chi connectivity index (χ1v) is 9.41. The van der Waals surface area contributed by atoms with E-state index in [0.29, 0.717) is 36.7 Å². The summed E-state index contributed by atoms with van der Waals surface area (Å²) in [6.45, 7) is 2.39. The van der Waals surface area contributed by atoms with E-state index in [4.69, 9.17) is 4.74 Å². The smallest absolute Gasteiger partial charge is 0.320 e. The molecule has 1 aliphatic rings.